The number of carbonyl (C=O) groups excluding carboxylic acids is 1. The largest absolute Gasteiger partial charge is 0.444 e. The molecule has 1 atom stereocenters. The van der Waals surface area contributed by atoms with Gasteiger partial charge >= 0.3 is 6.09 Å². The van der Waals surface area contributed by atoms with Crippen LogP contribution in [0.5, 0.6) is 0 Å². The van der Waals surface area contributed by atoms with Crippen LogP contribution in [0.25, 0.3) is 0 Å². The van der Waals surface area contributed by atoms with Crippen LogP contribution >= 0.6 is 12.2 Å². The molecule has 1 aromatic carbocycles. The molecule has 0 unspecified atom stereocenters. The number of thiocarbonyl (C=S) groups is 1. The number of nitrogens with one attached hydrogen (secondary N) is 2. The summed E-state index contributed by atoms with van der Waals surface area (Å²) in [7, 11) is 0. The van der Waals surface area contributed by atoms with Gasteiger partial charge in [-0.15, -0.1) is 0 Å². The van der Waals surface area contributed by atoms with Gasteiger partial charge in [-0.3, -0.25) is 4.90 Å². The third kappa shape index (κ3) is 9.53. The van der Waals surface area contributed by atoms with Crippen molar-refractivity contribution in [2.45, 2.75) is 110 Å². The summed E-state index contributed by atoms with van der Waals surface area (Å²) in [5.74, 6) is 0.754. The second kappa shape index (κ2) is 12.9. The Labute approximate surface area is 212 Å². The number of nitrogens with zero attached hydrogens (tertiary/aromatic N) is 1. The molecule has 190 valence electrons. The Morgan fingerprint density at radius 2 is 1.74 bits per heavy atom. The number of benzene rings is 1. The summed E-state index contributed by atoms with van der Waals surface area (Å²) in [6.07, 6.45) is 10.4. The summed E-state index contributed by atoms with van der Waals surface area (Å²) in [5, 5.41) is 6.67. The van der Waals surface area contributed by atoms with Crippen LogP contribution in [0.1, 0.15) is 89.7 Å². The molecule has 0 spiro atoms. The van der Waals surface area contributed by atoms with E-state index in [2.05, 4.69) is 46.7 Å². The second-order valence-electron chi connectivity index (χ2n) is 11.3. The molecule has 0 bridgehead atoms. The van der Waals surface area contributed by atoms with Gasteiger partial charge in [-0.2, -0.15) is 0 Å². The predicted molar refractivity (Wildman–Crippen MR) is 144 cm³/mol. The van der Waals surface area contributed by atoms with Crippen molar-refractivity contribution >= 4 is 23.3 Å². The summed E-state index contributed by atoms with van der Waals surface area (Å²) >= 11 is 5.83. The molecule has 1 aliphatic carbocycles. The lowest BCUT2D eigenvalue weighted by Crippen LogP contribution is -2.52. The van der Waals surface area contributed by atoms with E-state index >= 15 is 0 Å². The summed E-state index contributed by atoms with van der Waals surface area (Å²) in [5.41, 5.74) is 2.16. The summed E-state index contributed by atoms with van der Waals surface area (Å²) in [6, 6.07) is 9.03. The van der Waals surface area contributed by atoms with E-state index < -0.39 is 5.60 Å². The Bertz CT molecular complexity index is 776. The molecule has 5 nitrogen and oxygen atoms in total. The fraction of sp³-hybridized carbons (Fsp3) is 0.714. The van der Waals surface area contributed by atoms with Crippen molar-refractivity contribution < 1.29 is 9.53 Å². The van der Waals surface area contributed by atoms with E-state index in [-0.39, 0.29) is 12.1 Å². The van der Waals surface area contributed by atoms with Gasteiger partial charge in [0.1, 0.15) is 5.60 Å². The van der Waals surface area contributed by atoms with Crippen LogP contribution in [-0.4, -0.2) is 46.8 Å². The molecule has 6 heteroatoms. The zero-order valence-electron chi connectivity index (χ0n) is 21.7. The van der Waals surface area contributed by atoms with Crippen molar-refractivity contribution in [2.75, 3.05) is 13.1 Å². The Kier molecular flexibility index (Phi) is 10.2. The Balaban J connectivity index is 1.49. The highest BCUT2D eigenvalue weighted by atomic mass is 32.1. The molecule has 1 amide bonds. The molecule has 1 aromatic rings. The molecule has 3 rings (SSSR count). The number of ether oxygens (including phenoxy) is 1. The van der Waals surface area contributed by atoms with Gasteiger partial charge in [0.05, 0.1) is 11.0 Å². The van der Waals surface area contributed by atoms with Gasteiger partial charge in [0.2, 0.25) is 0 Å². The number of rotatable bonds is 8. The lowest BCUT2D eigenvalue weighted by atomic mass is 9.85. The average molecular weight is 488 g/mol. The van der Waals surface area contributed by atoms with E-state index in [0.29, 0.717) is 6.04 Å². The van der Waals surface area contributed by atoms with Crippen LogP contribution in [0.3, 0.4) is 0 Å². The number of carbonyl (C=O) groups is 1. The highest BCUT2D eigenvalue weighted by Crippen LogP contribution is 2.28. The first-order valence-corrected chi connectivity index (χ1v) is 13.7. The van der Waals surface area contributed by atoms with Crippen LogP contribution in [0.15, 0.2) is 24.3 Å². The normalized spacial score (nSPS) is 19.4. The summed E-state index contributed by atoms with van der Waals surface area (Å²) < 4.78 is 5.53. The van der Waals surface area contributed by atoms with Crippen LogP contribution in [-0.2, 0) is 11.3 Å². The zero-order valence-corrected chi connectivity index (χ0v) is 22.5. The van der Waals surface area contributed by atoms with Crippen LogP contribution in [0, 0.1) is 12.8 Å². The number of alkyl carbamates (subject to hydrolysis) is 1. The molecule has 34 heavy (non-hydrogen) atoms. The quantitative estimate of drug-likeness (QED) is 0.432. The molecular weight excluding hydrogens is 442 g/mol. The fourth-order valence-corrected chi connectivity index (χ4v) is 5.43. The van der Waals surface area contributed by atoms with Crippen molar-refractivity contribution in [2.24, 2.45) is 5.92 Å². The lowest BCUT2D eigenvalue weighted by Gasteiger charge is -2.34. The molecule has 1 heterocycles. The number of amides is 1. The Morgan fingerprint density at radius 3 is 2.35 bits per heavy atom. The van der Waals surface area contributed by atoms with Crippen molar-refractivity contribution in [3.8, 4) is 0 Å². The van der Waals surface area contributed by atoms with Gasteiger partial charge in [0.25, 0.3) is 0 Å². The minimum absolute atomic E-state index is 0.169. The standard InChI is InChI=1S/C28H45N3O2S/c1-21-10-12-23(13-11-21)20-31-18-16-24(17-19-31)29-26(34)25(30-27(32)33-28(2,3)4)15-14-22-8-6-5-7-9-22/h10-13,22,24-25H,5-9,14-20H2,1-4H3,(H,29,34)(H,30,32)/t25-/m1/s1. The van der Waals surface area contributed by atoms with E-state index in [1.165, 1.54) is 43.2 Å². The molecule has 1 saturated heterocycles. The number of aryl methyl sites for hydroxylation is 1. The fourth-order valence-electron chi connectivity index (χ4n) is 5.09. The molecule has 0 aromatic heterocycles. The maximum Gasteiger partial charge on any atom is 0.408 e. The predicted octanol–water partition coefficient (Wildman–Crippen LogP) is 6.13. The third-order valence-corrected chi connectivity index (χ3v) is 7.46. The zero-order chi connectivity index (χ0) is 24.6. The molecule has 1 saturated carbocycles. The van der Waals surface area contributed by atoms with Crippen LogP contribution in [0.4, 0.5) is 4.79 Å². The van der Waals surface area contributed by atoms with E-state index in [1.807, 2.05) is 20.8 Å². The third-order valence-electron chi connectivity index (χ3n) is 7.06. The number of hydrogen-bond donors (Lipinski definition) is 2. The summed E-state index contributed by atoms with van der Waals surface area (Å²) in [4.78, 5) is 15.8. The Hall–Kier alpha value is -1.66. The number of hydrogen-bond acceptors (Lipinski definition) is 4. The first-order valence-electron chi connectivity index (χ1n) is 13.3. The minimum atomic E-state index is -0.517. The SMILES string of the molecule is Cc1ccc(CN2CCC(NC(=S)[C@@H](CCC3CCCCC3)NC(=O)OC(C)(C)C)CC2)cc1. The van der Waals surface area contributed by atoms with Gasteiger partial charge in [-0.25, -0.2) is 4.79 Å². The van der Waals surface area contributed by atoms with E-state index in [4.69, 9.17) is 17.0 Å². The van der Waals surface area contributed by atoms with E-state index in [9.17, 15) is 4.79 Å². The van der Waals surface area contributed by atoms with Gasteiger partial charge in [0, 0.05) is 25.7 Å². The average Bonchev–Trinajstić information content (AvgIpc) is 2.79. The first-order chi connectivity index (χ1) is 16.2. The van der Waals surface area contributed by atoms with Gasteiger partial charge < -0.3 is 15.4 Å². The lowest BCUT2D eigenvalue weighted by molar-refractivity contribution is 0.0514. The van der Waals surface area contributed by atoms with Crippen molar-refractivity contribution in [3.05, 3.63) is 35.4 Å². The van der Waals surface area contributed by atoms with Gasteiger partial charge in [-0.1, -0.05) is 74.2 Å². The topological polar surface area (TPSA) is 53.6 Å². The number of piperidine rings is 1. The van der Waals surface area contributed by atoms with Gasteiger partial charge in [-0.05, 0) is 64.9 Å². The Morgan fingerprint density at radius 1 is 1.09 bits per heavy atom. The minimum Gasteiger partial charge on any atom is -0.444 e. The molecule has 0 radical (unpaired) electrons. The molecular formula is C28H45N3O2S. The maximum atomic E-state index is 12.5. The number of likely N-dealkylation sites (tertiary alicyclic amines) is 1. The van der Waals surface area contributed by atoms with E-state index in [0.717, 1.165) is 56.2 Å². The molecule has 1 aliphatic heterocycles. The van der Waals surface area contributed by atoms with E-state index in [1.54, 1.807) is 0 Å². The van der Waals surface area contributed by atoms with Crippen molar-refractivity contribution in [1.29, 1.82) is 0 Å². The molecule has 2 fully saturated rings. The smallest absolute Gasteiger partial charge is 0.408 e. The second-order valence-corrected chi connectivity index (χ2v) is 11.8. The molecule has 2 N–H and O–H groups in total. The highest BCUT2D eigenvalue weighted by Gasteiger charge is 2.26. The highest BCUT2D eigenvalue weighted by molar-refractivity contribution is 7.80. The summed E-state index contributed by atoms with van der Waals surface area (Å²) in [6.45, 7) is 10.9. The van der Waals surface area contributed by atoms with Crippen molar-refractivity contribution in [1.82, 2.24) is 15.5 Å². The first kappa shape index (κ1) is 26.9. The van der Waals surface area contributed by atoms with Crippen LogP contribution < -0.4 is 10.6 Å². The molecule has 2 aliphatic rings. The van der Waals surface area contributed by atoms with Crippen molar-refractivity contribution in [3.63, 3.8) is 0 Å². The van der Waals surface area contributed by atoms with Crippen LogP contribution in [0.2, 0.25) is 0 Å². The monoisotopic (exact) mass is 487 g/mol. The van der Waals surface area contributed by atoms with Gasteiger partial charge in [0.15, 0.2) is 0 Å². The maximum absolute atomic E-state index is 12.5.